The van der Waals surface area contributed by atoms with Gasteiger partial charge in [-0.3, -0.25) is 14.9 Å². The topological polar surface area (TPSA) is 124 Å². The van der Waals surface area contributed by atoms with Crippen molar-refractivity contribution in [2.24, 2.45) is 0 Å². The van der Waals surface area contributed by atoms with Gasteiger partial charge in [0, 0.05) is 37.3 Å². The Labute approximate surface area is 151 Å². The van der Waals surface area contributed by atoms with E-state index in [2.05, 4.69) is 0 Å². The molecule has 0 spiro atoms. The molecule has 9 nitrogen and oxygen atoms in total. The third-order valence-corrected chi connectivity index (χ3v) is 4.58. The number of phenols is 1. The van der Waals surface area contributed by atoms with E-state index < -0.39 is 22.5 Å². The van der Waals surface area contributed by atoms with E-state index in [9.17, 15) is 29.9 Å². The number of amides is 2. The Balaban J connectivity index is 2.35. The number of piperidine rings is 1. The summed E-state index contributed by atoms with van der Waals surface area (Å²) in [7, 11) is 0. The zero-order valence-corrected chi connectivity index (χ0v) is 14.8. The third kappa shape index (κ3) is 4.04. The molecule has 0 aromatic heterocycles. The molecule has 0 saturated carbocycles. The maximum absolute atomic E-state index is 13.1. The number of phenolic OH excluding ortho intramolecular Hbond substituents is 1. The van der Waals surface area contributed by atoms with Gasteiger partial charge in [0.05, 0.1) is 4.92 Å². The lowest BCUT2D eigenvalue weighted by Crippen LogP contribution is -2.51. The number of likely N-dealkylation sites (tertiary alicyclic amines) is 1. The highest BCUT2D eigenvalue weighted by Gasteiger charge is 2.32. The zero-order valence-electron chi connectivity index (χ0n) is 14.8. The van der Waals surface area contributed by atoms with Crippen molar-refractivity contribution in [3.63, 3.8) is 0 Å². The van der Waals surface area contributed by atoms with Gasteiger partial charge in [-0.1, -0.05) is 6.92 Å². The first-order chi connectivity index (χ1) is 12.3. The van der Waals surface area contributed by atoms with E-state index in [1.165, 1.54) is 11.0 Å². The van der Waals surface area contributed by atoms with Crippen LogP contribution in [-0.2, 0) is 0 Å². The number of hydrogen-bond acceptors (Lipinski definition) is 5. The number of benzene rings is 1. The Hall–Kier alpha value is -2.84. The fraction of sp³-hybridized carbons (Fsp3) is 0.529. The lowest BCUT2D eigenvalue weighted by molar-refractivity contribution is -0.385. The summed E-state index contributed by atoms with van der Waals surface area (Å²) >= 11 is 0. The summed E-state index contributed by atoms with van der Waals surface area (Å²) < 4.78 is 0. The number of nitro groups is 1. The van der Waals surface area contributed by atoms with Gasteiger partial charge < -0.3 is 20.0 Å². The minimum atomic E-state index is -1.02. The van der Waals surface area contributed by atoms with E-state index in [4.69, 9.17) is 0 Å². The lowest BCUT2D eigenvalue weighted by atomic mass is 10.0. The molecule has 1 atom stereocenters. The van der Waals surface area contributed by atoms with Crippen LogP contribution in [0.15, 0.2) is 12.1 Å². The molecule has 0 radical (unpaired) electrons. The van der Waals surface area contributed by atoms with Crippen LogP contribution in [-0.4, -0.2) is 62.6 Å². The molecule has 1 aliphatic rings. The van der Waals surface area contributed by atoms with Crippen molar-refractivity contribution in [2.45, 2.75) is 39.2 Å². The van der Waals surface area contributed by atoms with Crippen LogP contribution in [0.5, 0.6) is 5.75 Å². The van der Waals surface area contributed by atoms with Crippen molar-refractivity contribution in [3.8, 4) is 5.75 Å². The van der Waals surface area contributed by atoms with Crippen LogP contribution < -0.4 is 0 Å². The monoisotopic (exact) mass is 365 g/mol. The fourth-order valence-corrected chi connectivity index (χ4v) is 3.29. The number of carbonyl (C=O) groups excluding carboxylic acids is 1. The van der Waals surface area contributed by atoms with Crippen molar-refractivity contribution in [1.29, 1.82) is 0 Å². The number of aryl methyl sites for hydroxylation is 1. The molecule has 1 saturated heterocycles. The number of nitrogens with zero attached hydrogens (tertiary/aromatic N) is 3. The lowest BCUT2D eigenvalue weighted by Gasteiger charge is -2.38. The summed E-state index contributed by atoms with van der Waals surface area (Å²) in [5, 5.41) is 30.0. The first-order valence-electron chi connectivity index (χ1n) is 8.53. The van der Waals surface area contributed by atoms with Crippen LogP contribution >= 0.6 is 0 Å². The molecule has 1 aliphatic heterocycles. The van der Waals surface area contributed by atoms with Gasteiger partial charge in [-0.05, 0) is 37.8 Å². The number of carbonyl (C=O) groups is 2. The molecular weight excluding hydrogens is 342 g/mol. The van der Waals surface area contributed by atoms with E-state index >= 15 is 0 Å². The van der Waals surface area contributed by atoms with E-state index in [0.717, 1.165) is 6.07 Å². The zero-order chi connectivity index (χ0) is 19.4. The van der Waals surface area contributed by atoms with Crippen LogP contribution in [0.3, 0.4) is 0 Å². The summed E-state index contributed by atoms with van der Waals surface area (Å²) in [6.07, 6.45) is 0.984. The molecule has 1 heterocycles. The Morgan fingerprint density at radius 1 is 1.42 bits per heavy atom. The highest BCUT2D eigenvalue weighted by atomic mass is 16.6. The predicted octanol–water partition coefficient (Wildman–Crippen LogP) is 2.60. The Bertz CT molecular complexity index is 721. The molecule has 2 rings (SSSR count). The highest BCUT2D eigenvalue weighted by molar-refractivity contribution is 5.97. The molecule has 2 N–H and O–H groups in total. The average molecular weight is 365 g/mol. The third-order valence-electron chi connectivity index (χ3n) is 4.58. The quantitative estimate of drug-likeness (QED) is 0.610. The summed E-state index contributed by atoms with van der Waals surface area (Å²) in [5.74, 6) is -0.870. The highest BCUT2D eigenvalue weighted by Crippen LogP contribution is 2.30. The first kappa shape index (κ1) is 19.5. The number of rotatable bonds is 5. The summed E-state index contributed by atoms with van der Waals surface area (Å²) in [4.78, 5) is 37.5. The largest absolute Gasteiger partial charge is 0.502 e. The summed E-state index contributed by atoms with van der Waals surface area (Å²) in [6.45, 7) is 4.59. The van der Waals surface area contributed by atoms with Crippen LogP contribution in [0.4, 0.5) is 10.5 Å². The van der Waals surface area contributed by atoms with Crippen molar-refractivity contribution in [1.82, 2.24) is 9.80 Å². The molecule has 1 fully saturated rings. The molecule has 9 heteroatoms. The van der Waals surface area contributed by atoms with Gasteiger partial charge >= 0.3 is 11.8 Å². The number of nitro benzene ring substituents is 1. The van der Waals surface area contributed by atoms with E-state index in [-0.39, 0.29) is 24.1 Å². The Morgan fingerprint density at radius 2 is 2.12 bits per heavy atom. The van der Waals surface area contributed by atoms with Gasteiger partial charge in [0.1, 0.15) is 0 Å². The number of carboxylic acid groups (broad SMARTS) is 1. The van der Waals surface area contributed by atoms with E-state index in [0.29, 0.717) is 37.9 Å². The molecule has 142 valence electrons. The molecule has 0 aliphatic carbocycles. The van der Waals surface area contributed by atoms with Gasteiger partial charge in [0.15, 0.2) is 5.75 Å². The van der Waals surface area contributed by atoms with E-state index in [1.54, 1.807) is 11.8 Å². The van der Waals surface area contributed by atoms with Crippen molar-refractivity contribution in [3.05, 3.63) is 33.4 Å². The summed E-state index contributed by atoms with van der Waals surface area (Å²) in [6, 6.07) is 2.02. The Kier molecular flexibility index (Phi) is 6.01. The molecule has 1 aromatic rings. The second kappa shape index (κ2) is 8.03. The SMILES string of the molecule is CCCN(C(=O)c1cc([N+](=O)[O-])c(O)cc1C)[C@@H]1CCCN(C(=O)O)C1. The maximum atomic E-state index is 13.1. The van der Waals surface area contributed by atoms with E-state index in [1.807, 2.05) is 6.92 Å². The molecule has 1 aromatic carbocycles. The average Bonchev–Trinajstić information content (AvgIpc) is 2.59. The minimum Gasteiger partial charge on any atom is -0.502 e. The second-order valence-electron chi connectivity index (χ2n) is 6.44. The van der Waals surface area contributed by atoms with Gasteiger partial charge in [-0.15, -0.1) is 0 Å². The van der Waals surface area contributed by atoms with Crippen LogP contribution in [0, 0.1) is 17.0 Å². The van der Waals surface area contributed by atoms with Crippen LogP contribution in [0.2, 0.25) is 0 Å². The number of hydrogen-bond donors (Lipinski definition) is 2. The standard InChI is InChI=1S/C17H23N3O6/c1-3-6-19(12-5-4-7-18(10-12)17(23)24)16(22)13-9-14(20(25)26)15(21)8-11(13)2/h8-9,12,21H,3-7,10H2,1-2H3,(H,23,24)/t12-/m1/s1. The molecule has 26 heavy (non-hydrogen) atoms. The van der Waals surface area contributed by atoms with Gasteiger partial charge in [-0.2, -0.15) is 0 Å². The minimum absolute atomic E-state index is 0.149. The first-order valence-corrected chi connectivity index (χ1v) is 8.53. The molecule has 0 bridgehead atoms. The van der Waals surface area contributed by atoms with Crippen LogP contribution in [0.25, 0.3) is 0 Å². The molecule has 2 amide bonds. The smallest absolute Gasteiger partial charge is 0.407 e. The van der Waals surface area contributed by atoms with Crippen molar-refractivity contribution < 1.29 is 24.7 Å². The van der Waals surface area contributed by atoms with Crippen molar-refractivity contribution >= 4 is 17.7 Å². The molecule has 0 unspecified atom stereocenters. The predicted molar refractivity (Wildman–Crippen MR) is 93.4 cm³/mol. The second-order valence-corrected chi connectivity index (χ2v) is 6.44. The number of aromatic hydroxyl groups is 1. The van der Waals surface area contributed by atoms with Gasteiger partial charge in [0.25, 0.3) is 5.91 Å². The molecular formula is C17H23N3O6. The Morgan fingerprint density at radius 3 is 2.69 bits per heavy atom. The fourth-order valence-electron chi connectivity index (χ4n) is 3.29. The van der Waals surface area contributed by atoms with Crippen LogP contribution in [0.1, 0.15) is 42.1 Å². The summed E-state index contributed by atoms with van der Waals surface area (Å²) in [5.41, 5.74) is 0.0618. The maximum Gasteiger partial charge on any atom is 0.407 e. The van der Waals surface area contributed by atoms with Crippen molar-refractivity contribution in [2.75, 3.05) is 19.6 Å². The van der Waals surface area contributed by atoms with Gasteiger partial charge in [0.2, 0.25) is 0 Å². The normalized spacial score (nSPS) is 17.0. The van der Waals surface area contributed by atoms with Gasteiger partial charge in [-0.25, -0.2) is 4.79 Å².